The number of nitriles is 1. The Morgan fingerprint density at radius 2 is 2.15 bits per heavy atom. The van der Waals surface area contributed by atoms with Crippen LogP contribution in [-0.4, -0.2) is 17.8 Å². The molecule has 3 rings (SSSR count). The highest BCUT2D eigenvalue weighted by Gasteiger charge is 2.34. The highest BCUT2D eigenvalue weighted by Crippen LogP contribution is 2.41. The van der Waals surface area contributed by atoms with Crippen LogP contribution in [0.2, 0.25) is 0 Å². The average Bonchev–Trinajstić information content (AvgIpc) is 2.90. The van der Waals surface area contributed by atoms with E-state index in [2.05, 4.69) is 22.0 Å². The summed E-state index contributed by atoms with van der Waals surface area (Å²) >= 11 is 5.15. The number of hydrogen-bond acceptors (Lipinski definition) is 3. The summed E-state index contributed by atoms with van der Waals surface area (Å²) in [5.41, 5.74) is 2.00. The number of aryl methyl sites for hydroxylation is 1. The van der Waals surface area contributed by atoms with Gasteiger partial charge in [0.1, 0.15) is 11.1 Å². The molecule has 2 aliphatic rings. The Bertz CT molecular complexity index is 575. The maximum atomic E-state index is 12.2. The molecule has 5 heteroatoms. The van der Waals surface area contributed by atoms with Gasteiger partial charge in [0.05, 0.1) is 5.56 Å². The smallest absolute Gasteiger partial charge is 0.228 e. The lowest BCUT2D eigenvalue weighted by atomic mass is 10.1. The van der Waals surface area contributed by atoms with Crippen molar-refractivity contribution in [2.45, 2.75) is 38.5 Å². The van der Waals surface area contributed by atoms with E-state index in [9.17, 15) is 10.1 Å². The monoisotopic (exact) mass is 352 g/mol. The second kappa shape index (κ2) is 5.87. The van der Waals surface area contributed by atoms with Crippen LogP contribution in [0.15, 0.2) is 0 Å². The highest BCUT2D eigenvalue weighted by molar-refractivity contribution is 9.09. The molecule has 106 valence electrons. The number of halogens is 1. The number of amides is 1. The van der Waals surface area contributed by atoms with Gasteiger partial charge in [-0.1, -0.05) is 22.4 Å². The van der Waals surface area contributed by atoms with Crippen molar-refractivity contribution in [1.29, 1.82) is 5.26 Å². The molecular formula is C15H17BrN2OS. The van der Waals surface area contributed by atoms with Gasteiger partial charge >= 0.3 is 0 Å². The largest absolute Gasteiger partial charge is 0.302 e. The molecule has 1 aromatic heterocycles. The van der Waals surface area contributed by atoms with Gasteiger partial charge in [-0.3, -0.25) is 4.79 Å². The SMILES string of the molecule is N#Cc1c(N2CC(CBr)CC2=O)sc2c1CCCCC2. The third kappa shape index (κ3) is 2.40. The molecule has 1 aliphatic carbocycles. The zero-order valence-electron chi connectivity index (χ0n) is 11.3. The number of thiophene rings is 1. The van der Waals surface area contributed by atoms with Gasteiger partial charge in [-0.05, 0) is 37.2 Å². The molecule has 0 saturated carbocycles. The fourth-order valence-electron chi connectivity index (χ4n) is 3.11. The van der Waals surface area contributed by atoms with E-state index in [4.69, 9.17) is 0 Å². The van der Waals surface area contributed by atoms with E-state index in [1.807, 2.05) is 4.90 Å². The first-order valence-electron chi connectivity index (χ1n) is 7.15. The first kappa shape index (κ1) is 14.1. The van der Waals surface area contributed by atoms with Gasteiger partial charge in [-0.25, -0.2) is 0 Å². The topological polar surface area (TPSA) is 44.1 Å². The Morgan fingerprint density at radius 3 is 2.85 bits per heavy atom. The van der Waals surface area contributed by atoms with Gasteiger partial charge in [0.2, 0.25) is 5.91 Å². The molecule has 1 fully saturated rings. The summed E-state index contributed by atoms with van der Waals surface area (Å²) in [6, 6.07) is 2.37. The predicted molar refractivity (Wildman–Crippen MR) is 84.5 cm³/mol. The van der Waals surface area contributed by atoms with Crippen LogP contribution in [0.5, 0.6) is 0 Å². The van der Waals surface area contributed by atoms with Gasteiger partial charge < -0.3 is 4.90 Å². The molecule has 1 saturated heterocycles. The maximum Gasteiger partial charge on any atom is 0.228 e. The summed E-state index contributed by atoms with van der Waals surface area (Å²) in [5, 5.41) is 11.3. The predicted octanol–water partition coefficient (Wildman–Crippen LogP) is 3.64. The average molecular weight is 353 g/mol. The minimum atomic E-state index is 0.169. The number of fused-ring (bicyclic) bond motifs is 1. The second-order valence-electron chi connectivity index (χ2n) is 5.59. The van der Waals surface area contributed by atoms with E-state index in [-0.39, 0.29) is 5.91 Å². The Balaban J connectivity index is 1.98. The van der Waals surface area contributed by atoms with E-state index in [1.165, 1.54) is 23.3 Å². The standard InChI is InChI=1S/C15H17BrN2OS/c16-7-10-6-14(19)18(9-10)15-12(8-17)11-4-2-1-3-5-13(11)20-15/h10H,1-7,9H2. The van der Waals surface area contributed by atoms with Crippen LogP contribution < -0.4 is 4.90 Å². The van der Waals surface area contributed by atoms with Crippen molar-refractivity contribution in [1.82, 2.24) is 0 Å². The van der Waals surface area contributed by atoms with Crippen molar-refractivity contribution in [3.8, 4) is 6.07 Å². The summed E-state index contributed by atoms with van der Waals surface area (Å²) in [5.74, 6) is 0.540. The van der Waals surface area contributed by atoms with E-state index in [0.29, 0.717) is 12.3 Å². The molecule has 1 aromatic rings. The van der Waals surface area contributed by atoms with Crippen molar-refractivity contribution >= 4 is 38.2 Å². The molecule has 0 radical (unpaired) electrons. The molecule has 3 nitrogen and oxygen atoms in total. The zero-order valence-corrected chi connectivity index (χ0v) is 13.7. The Hall–Kier alpha value is -0.860. The van der Waals surface area contributed by atoms with Crippen LogP contribution in [0.1, 0.15) is 41.7 Å². The number of carbonyl (C=O) groups is 1. The van der Waals surface area contributed by atoms with Crippen LogP contribution in [0.4, 0.5) is 5.00 Å². The number of alkyl halides is 1. The van der Waals surface area contributed by atoms with Gasteiger partial charge in [-0.15, -0.1) is 11.3 Å². The van der Waals surface area contributed by atoms with Crippen LogP contribution in [0, 0.1) is 17.2 Å². The molecule has 1 amide bonds. The Labute approximate surface area is 131 Å². The van der Waals surface area contributed by atoms with Gasteiger partial charge in [0.25, 0.3) is 0 Å². The molecular weight excluding hydrogens is 336 g/mol. The summed E-state index contributed by atoms with van der Waals surface area (Å²) in [6.45, 7) is 0.748. The fourth-order valence-corrected chi connectivity index (χ4v) is 4.91. The maximum absolute atomic E-state index is 12.2. The molecule has 20 heavy (non-hydrogen) atoms. The molecule has 1 aliphatic heterocycles. The lowest BCUT2D eigenvalue weighted by molar-refractivity contribution is -0.117. The number of nitrogens with zero attached hydrogens (tertiary/aromatic N) is 2. The van der Waals surface area contributed by atoms with E-state index in [0.717, 1.165) is 41.7 Å². The van der Waals surface area contributed by atoms with Gasteiger partial charge in [0, 0.05) is 23.2 Å². The third-order valence-corrected chi connectivity index (χ3v) is 6.41. The molecule has 2 heterocycles. The van der Waals surface area contributed by atoms with Crippen LogP contribution in [-0.2, 0) is 17.6 Å². The quantitative estimate of drug-likeness (QED) is 0.602. The summed E-state index contributed by atoms with van der Waals surface area (Å²) in [4.78, 5) is 15.4. The van der Waals surface area contributed by atoms with Crippen LogP contribution in [0.3, 0.4) is 0 Å². The lowest BCUT2D eigenvalue weighted by Crippen LogP contribution is -2.24. The van der Waals surface area contributed by atoms with Crippen molar-refractivity contribution in [3.63, 3.8) is 0 Å². The van der Waals surface area contributed by atoms with Crippen LogP contribution in [0.25, 0.3) is 0 Å². The first-order chi connectivity index (χ1) is 9.74. The molecule has 0 spiro atoms. The Kier molecular flexibility index (Phi) is 4.13. The number of carbonyl (C=O) groups excluding carboxylic acids is 1. The van der Waals surface area contributed by atoms with E-state index < -0.39 is 0 Å². The lowest BCUT2D eigenvalue weighted by Gasteiger charge is -2.14. The molecule has 0 bridgehead atoms. The fraction of sp³-hybridized carbons (Fsp3) is 0.600. The van der Waals surface area contributed by atoms with E-state index in [1.54, 1.807) is 11.3 Å². The second-order valence-corrected chi connectivity index (χ2v) is 7.32. The number of anilines is 1. The summed E-state index contributed by atoms with van der Waals surface area (Å²) in [6.07, 6.45) is 6.28. The minimum absolute atomic E-state index is 0.169. The van der Waals surface area contributed by atoms with Crippen molar-refractivity contribution in [2.24, 2.45) is 5.92 Å². The zero-order chi connectivity index (χ0) is 14.1. The number of hydrogen-bond donors (Lipinski definition) is 0. The highest BCUT2D eigenvalue weighted by atomic mass is 79.9. The number of rotatable bonds is 2. The molecule has 1 unspecified atom stereocenters. The molecule has 0 N–H and O–H groups in total. The summed E-state index contributed by atoms with van der Waals surface area (Å²) in [7, 11) is 0. The molecule has 0 aromatic carbocycles. The minimum Gasteiger partial charge on any atom is -0.302 e. The first-order valence-corrected chi connectivity index (χ1v) is 9.09. The van der Waals surface area contributed by atoms with Crippen molar-refractivity contribution in [3.05, 3.63) is 16.0 Å². The van der Waals surface area contributed by atoms with Crippen molar-refractivity contribution in [2.75, 3.05) is 16.8 Å². The normalized spacial score (nSPS) is 22.5. The van der Waals surface area contributed by atoms with Gasteiger partial charge in [-0.2, -0.15) is 5.26 Å². The third-order valence-electron chi connectivity index (χ3n) is 4.18. The molecule has 1 atom stereocenters. The van der Waals surface area contributed by atoms with Crippen LogP contribution >= 0.6 is 27.3 Å². The van der Waals surface area contributed by atoms with Crippen molar-refractivity contribution < 1.29 is 4.79 Å². The Morgan fingerprint density at radius 1 is 1.35 bits per heavy atom. The summed E-state index contributed by atoms with van der Waals surface area (Å²) < 4.78 is 0. The van der Waals surface area contributed by atoms with E-state index >= 15 is 0 Å². The van der Waals surface area contributed by atoms with Gasteiger partial charge in [0.15, 0.2) is 0 Å².